The third-order valence-electron chi connectivity index (χ3n) is 3.45. The molecule has 0 bridgehead atoms. The molecule has 0 aliphatic carbocycles. The summed E-state index contributed by atoms with van der Waals surface area (Å²) >= 11 is 0. The zero-order valence-corrected chi connectivity index (χ0v) is 10.3. The average Bonchev–Trinajstić information content (AvgIpc) is 2.72. The number of aromatic nitrogens is 2. The van der Waals surface area contributed by atoms with Crippen LogP contribution in [0.4, 0.5) is 0 Å². The van der Waals surface area contributed by atoms with Crippen molar-refractivity contribution in [2.45, 2.75) is 39.3 Å². The molecular formula is C12H22N4. The highest BCUT2D eigenvalue weighted by molar-refractivity contribution is 5.08. The van der Waals surface area contributed by atoms with E-state index in [0.29, 0.717) is 6.04 Å². The van der Waals surface area contributed by atoms with Crippen LogP contribution >= 0.6 is 0 Å². The third kappa shape index (κ3) is 2.83. The second kappa shape index (κ2) is 5.46. The predicted molar refractivity (Wildman–Crippen MR) is 65.3 cm³/mol. The highest BCUT2D eigenvalue weighted by Gasteiger charge is 2.18. The molecule has 90 valence electrons. The number of imidazole rings is 1. The number of hydrogen-bond donors (Lipinski definition) is 2. The van der Waals surface area contributed by atoms with Gasteiger partial charge in [0.2, 0.25) is 0 Å². The van der Waals surface area contributed by atoms with Crippen LogP contribution in [0.5, 0.6) is 0 Å². The van der Waals surface area contributed by atoms with E-state index in [9.17, 15) is 0 Å². The van der Waals surface area contributed by atoms with E-state index in [1.165, 1.54) is 38.2 Å². The van der Waals surface area contributed by atoms with Gasteiger partial charge in [0.25, 0.3) is 0 Å². The third-order valence-corrected chi connectivity index (χ3v) is 3.45. The first-order valence-corrected chi connectivity index (χ1v) is 6.24. The van der Waals surface area contributed by atoms with E-state index in [4.69, 9.17) is 0 Å². The minimum atomic E-state index is 0.629. The molecular weight excluding hydrogens is 200 g/mol. The lowest BCUT2D eigenvalue weighted by molar-refractivity contribution is 0.198. The summed E-state index contributed by atoms with van der Waals surface area (Å²) in [7, 11) is 0. The van der Waals surface area contributed by atoms with Gasteiger partial charge in [-0.25, -0.2) is 4.98 Å². The summed E-state index contributed by atoms with van der Waals surface area (Å²) in [6.07, 6.45) is 4.37. The van der Waals surface area contributed by atoms with Crippen LogP contribution < -0.4 is 5.32 Å². The maximum Gasteiger partial charge on any atom is 0.0925 e. The number of nitrogens with one attached hydrogen (secondary N) is 2. The van der Waals surface area contributed by atoms with Crippen molar-refractivity contribution in [1.82, 2.24) is 20.2 Å². The minimum absolute atomic E-state index is 0.629. The van der Waals surface area contributed by atoms with Crippen molar-refractivity contribution in [1.29, 1.82) is 0 Å². The van der Waals surface area contributed by atoms with Gasteiger partial charge in [0.15, 0.2) is 0 Å². The molecule has 2 N–H and O–H groups in total. The van der Waals surface area contributed by atoms with Gasteiger partial charge in [-0.15, -0.1) is 0 Å². The molecule has 4 nitrogen and oxygen atoms in total. The summed E-state index contributed by atoms with van der Waals surface area (Å²) in [4.78, 5) is 9.93. The number of H-pyrrole nitrogens is 1. The molecule has 0 amide bonds. The standard InChI is InChI=1S/C12H22N4/c1-3-16-6-4-5-11(8-16)13-7-12-10(2)14-9-15-12/h9,11,13H,3-8H2,1-2H3,(H,14,15). The van der Waals surface area contributed by atoms with Crippen LogP contribution in [0, 0.1) is 6.92 Å². The van der Waals surface area contributed by atoms with E-state index < -0.39 is 0 Å². The zero-order chi connectivity index (χ0) is 11.4. The Hall–Kier alpha value is -0.870. The molecule has 1 aromatic rings. The van der Waals surface area contributed by atoms with E-state index in [1.807, 2.05) is 0 Å². The molecule has 1 atom stereocenters. The second-order valence-electron chi connectivity index (χ2n) is 4.59. The Balaban J connectivity index is 1.79. The number of likely N-dealkylation sites (N-methyl/N-ethyl adjacent to an activating group) is 1. The summed E-state index contributed by atoms with van der Waals surface area (Å²) in [6.45, 7) is 8.80. The highest BCUT2D eigenvalue weighted by Crippen LogP contribution is 2.10. The fourth-order valence-corrected chi connectivity index (χ4v) is 2.32. The molecule has 4 heteroatoms. The maximum absolute atomic E-state index is 4.31. The fraction of sp³-hybridized carbons (Fsp3) is 0.750. The first kappa shape index (κ1) is 11.6. The highest BCUT2D eigenvalue weighted by atomic mass is 15.2. The summed E-state index contributed by atoms with van der Waals surface area (Å²) < 4.78 is 0. The first-order chi connectivity index (χ1) is 7.79. The van der Waals surface area contributed by atoms with Crippen LogP contribution in [0.25, 0.3) is 0 Å². The number of hydrogen-bond acceptors (Lipinski definition) is 3. The quantitative estimate of drug-likeness (QED) is 0.807. The average molecular weight is 222 g/mol. The molecule has 1 aliphatic rings. The van der Waals surface area contributed by atoms with Crippen LogP contribution in [-0.4, -0.2) is 40.5 Å². The van der Waals surface area contributed by atoms with Gasteiger partial charge in [0.05, 0.1) is 12.0 Å². The molecule has 0 saturated carbocycles. The topological polar surface area (TPSA) is 44.0 Å². The van der Waals surface area contributed by atoms with Crippen molar-refractivity contribution in [3.63, 3.8) is 0 Å². The van der Waals surface area contributed by atoms with E-state index in [0.717, 1.165) is 12.2 Å². The molecule has 1 saturated heterocycles. The molecule has 2 heterocycles. The number of nitrogens with zero attached hydrogens (tertiary/aromatic N) is 2. The molecule has 0 spiro atoms. The molecule has 1 unspecified atom stereocenters. The second-order valence-corrected chi connectivity index (χ2v) is 4.59. The summed E-state index contributed by atoms with van der Waals surface area (Å²) in [5.41, 5.74) is 2.32. The van der Waals surface area contributed by atoms with Crippen LogP contribution in [0.3, 0.4) is 0 Å². The van der Waals surface area contributed by atoms with Crippen molar-refractivity contribution in [2.75, 3.05) is 19.6 Å². The van der Waals surface area contributed by atoms with E-state index in [-0.39, 0.29) is 0 Å². The Labute approximate surface area is 97.4 Å². The Kier molecular flexibility index (Phi) is 3.96. The van der Waals surface area contributed by atoms with Gasteiger partial charge in [0.1, 0.15) is 0 Å². The van der Waals surface area contributed by atoms with Gasteiger partial charge < -0.3 is 15.2 Å². The number of aryl methyl sites for hydroxylation is 1. The minimum Gasteiger partial charge on any atom is -0.348 e. The predicted octanol–water partition coefficient (Wildman–Crippen LogP) is 1.29. The van der Waals surface area contributed by atoms with Crippen molar-refractivity contribution in [3.8, 4) is 0 Å². The van der Waals surface area contributed by atoms with Crippen molar-refractivity contribution in [2.24, 2.45) is 0 Å². The normalized spacial score (nSPS) is 22.5. The lowest BCUT2D eigenvalue weighted by atomic mass is 10.1. The summed E-state index contributed by atoms with van der Waals surface area (Å²) in [5, 5.41) is 3.60. The van der Waals surface area contributed by atoms with Gasteiger partial charge in [-0.05, 0) is 32.9 Å². The summed E-state index contributed by atoms with van der Waals surface area (Å²) in [5.74, 6) is 0. The Bertz CT molecular complexity index is 321. The van der Waals surface area contributed by atoms with E-state index in [2.05, 4.69) is 34.0 Å². The molecule has 1 aliphatic heterocycles. The van der Waals surface area contributed by atoms with E-state index >= 15 is 0 Å². The van der Waals surface area contributed by atoms with Gasteiger partial charge in [-0.2, -0.15) is 0 Å². The maximum atomic E-state index is 4.31. The van der Waals surface area contributed by atoms with Gasteiger partial charge in [0, 0.05) is 24.8 Å². The first-order valence-electron chi connectivity index (χ1n) is 6.24. The Morgan fingerprint density at radius 3 is 3.19 bits per heavy atom. The Morgan fingerprint density at radius 2 is 2.50 bits per heavy atom. The van der Waals surface area contributed by atoms with Crippen molar-refractivity contribution in [3.05, 3.63) is 17.7 Å². The molecule has 0 radical (unpaired) electrons. The molecule has 1 fully saturated rings. The fourth-order valence-electron chi connectivity index (χ4n) is 2.32. The number of rotatable bonds is 4. The van der Waals surface area contributed by atoms with Gasteiger partial charge in [-0.3, -0.25) is 0 Å². The smallest absolute Gasteiger partial charge is 0.0925 e. The monoisotopic (exact) mass is 222 g/mol. The largest absolute Gasteiger partial charge is 0.348 e. The van der Waals surface area contributed by atoms with E-state index in [1.54, 1.807) is 6.33 Å². The summed E-state index contributed by atoms with van der Waals surface area (Å²) in [6, 6.07) is 0.629. The van der Waals surface area contributed by atoms with Crippen LogP contribution in [0.2, 0.25) is 0 Å². The van der Waals surface area contributed by atoms with Crippen LogP contribution in [0.1, 0.15) is 31.2 Å². The van der Waals surface area contributed by atoms with Crippen LogP contribution in [-0.2, 0) is 6.54 Å². The van der Waals surface area contributed by atoms with Crippen molar-refractivity contribution < 1.29 is 0 Å². The zero-order valence-electron chi connectivity index (χ0n) is 10.3. The van der Waals surface area contributed by atoms with Gasteiger partial charge in [-0.1, -0.05) is 6.92 Å². The Morgan fingerprint density at radius 1 is 1.62 bits per heavy atom. The lowest BCUT2D eigenvalue weighted by Crippen LogP contribution is -2.45. The lowest BCUT2D eigenvalue weighted by Gasteiger charge is -2.32. The molecule has 2 rings (SSSR count). The van der Waals surface area contributed by atoms with Gasteiger partial charge >= 0.3 is 0 Å². The van der Waals surface area contributed by atoms with Crippen LogP contribution in [0.15, 0.2) is 6.33 Å². The molecule has 16 heavy (non-hydrogen) atoms. The number of likely N-dealkylation sites (tertiary alicyclic amines) is 1. The molecule has 0 aromatic carbocycles. The number of aromatic amines is 1. The number of piperidine rings is 1. The molecule has 1 aromatic heterocycles. The SMILES string of the molecule is CCN1CCCC(NCc2nc[nH]c2C)C1. The van der Waals surface area contributed by atoms with Crippen molar-refractivity contribution >= 4 is 0 Å².